The molecule has 0 saturated heterocycles. The Morgan fingerprint density at radius 1 is 1.31 bits per heavy atom. The van der Waals surface area contributed by atoms with E-state index in [1.165, 1.54) is 25.7 Å². The van der Waals surface area contributed by atoms with Crippen molar-refractivity contribution in [2.45, 2.75) is 46.0 Å². The van der Waals surface area contributed by atoms with Gasteiger partial charge < -0.3 is 0 Å². The Bertz CT molecular complexity index is 212. The maximum Gasteiger partial charge on any atom is 0.0387 e. The molecule has 2 atom stereocenters. The third-order valence-corrected chi connectivity index (χ3v) is 3.47. The lowest BCUT2D eigenvalue weighted by Gasteiger charge is -2.07. The standard InChI is InChI=1S/C15H26S/c1-5-9-14(3)10-7-8-11-15(6-2)12-13-16-4/h2,8,11,14-15H,5,7,9-10,12-13H2,1,3-4H3/b11-8-. The van der Waals surface area contributed by atoms with Crippen molar-refractivity contribution in [2.24, 2.45) is 11.8 Å². The van der Waals surface area contributed by atoms with Gasteiger partial charge in [-0.3, -0.25) is 0 Å². The van der Waals surface area contributed by atoms with E-state index in [2.05, 4.69) is 38.2 Å². The van der Waals surface area contributed by atoms with E-state index in [4.69, 9.17) is 6.42 Å². The van der Waals surface area contributed by atoms with Crippen LogP contribution in [0.4, 0.5) is 0 Å². The highest BCUT2D eigenvalue weighted by atomic mass is 32.2. The fourth-order valence-corrected chi connectivity index (χ4v) is 2.25. The van der Waals surface area contributed by atoms with Crippen LogP contribution < -0.4 is 0 Å². The molecule has 0 fully saturated rings. The number of allylic oxidation sites excluding steroid dienone is 2. The first kappa shape index (κ1) is 15.7. The lowest BCUT2D eigenvalue weighted by atomic mass is 9.99. The molecule has 0 aliphatic carbocycles. The molecule has 0 radical (unpaired) electrons. The second kappa shape index (κ2) is 11.1. The maximum atomic E-state index is 5.49. The van der Waals surface area contributed by atoms with Crippen molar-refractivity contribution in [3.8, 4) is 12.3 Å². The van der Waals surface area contributed by atoms with Crippen LogP contribution in [0.5, 0.6) is 0 Å². The van der Waals surface area contributed by atoms with E-state index in [0.717, 1.165) is 18.1 Å². The lowest BCUT2D eigenvalue weighted by molar-refractivity contribution is 0.490. The Morgan fingerprint density at radius 2 is 2.06 bits per heavy atom. The van der Waals surface area contributed by atoms with Gasteiger partial charge in [0.15, 0.2) is 0 Å². The molecule has 0 aromatic carbocycles. The average molecular weight is 238 g/mol. The van der Waals surface area contributed by atoms with Crippen molar-refractivity contribution < 1.29 is 0 Å². The maximum absolute atomic E-state index is 5.49. The largest absolute Gasteiger partial charge is 0.165 e. The van der Waals surface area contributed by atoms with Gasteiger partial charge in [0, 0.05) is 5.92 Å². The number of hydrogen-bond acceptors (Lipinski definition) is 1. The van der Waals surface area contributed by atoms with Crippen LogP contribution in [0.1, 0.15) is 46.0 Å². The minimum Gasteiger partial charge on any atom is -0.165 e. The highest BCUT2D eigenvalue weighted by Gasteiger charge is 2.00. The van der Waals surface area contributed by atoms with Gasteiger partial charge in [0.1, 0.15) is 0 Å². The van der Waals surface area contributed by atoms with Gasteiger partial charge in [-0.15, -0.1) is 6.42 Å². The fraction of sp³-hybridized carbons (Fsp3) is 0.733. The summed E-state index contributed by atoms with van der Waals surface area (Å²) in [4.78, 5) is 0. The van der Waals surface area contributed by atoms with Crippen molar-refractivity contribution >= 4 is 11.8 Å². The second-order valence-corrected chi connectivity index (χ2v) is 5.44. The summed E-state index contributed by atoms with van der Waals surface area (Å²) < 4.78 is 0. The van der Waals surface area contributed by atoms with Crippen LogP contribution in [0.2, 0.25) is 0 Å². The molecule has 2 unspecified atom stereocenters. The summed E-state index contributed by atoms with van der Waals surface area (Å²) in [6, 6.07) is 0. The highest BCUT2D eigenvalue weighted by Crippen LogP contribution is 2.14. The molecule has 0 nitrogen and oxygen atoms in total. The van der Waals surface area contributed by atoms with E-state index in [1.54, 1.807) is 0 Å². The van der Waals surface area contributed by atoms with Crippen LogP contribution in [0.25, 0.3) is 0 Å². The summed E-state index contributed by atoms with van der Waals surface area (Å²) in [6.07, 6.45) is 18.3. The van der Waals surface area contributed by atoms with Crippen LogP contribution in [0.3, 0.4) is 0 Å². The summed E-state index contributed by atoms with van der Waals surface area (Å²) >= 11 is 1.87. The van der Waals surface area contributed by atoms with Gasteiger partial charge in [0.25, 0.3) is 0 Å². The Morgan fingerprint density at radius 3 is 2.62 bits per heavy atom. The zero-order chi connectivity index (χ0) is 12.2. The summed E-state index contributed by atoms with van der Waals surface area (Å²) in [5, 5.41) is 0. The number of hydrogen-bond donors (Lipinski definition) is 0. The fourth-order valence-electron chi connectivity index (χ4n) is 1.76. The van der Waals surface area contributed by atoms with E-state index < -0.39 is 0 Å². The number of terminal acetylenes is 1. The van der Waals surface area contributed by atoms with Crippen LogP contribution in [-0.2, 0) is 0 Å². The zero-order valence-corrected chi connectivity index (χ0v) is 11.9. The third-order valence-electron chi connectivity index (χ3n) is 2.82. The lowest BCUT2D eigenvalue weighted by Crippen LogP contribution is -1.95. The van der Waals surface area contributed by atoms with E-state index >= 15 is 0 Å². The molecule has 0 bridgehead atoms. The molecule has 0 aromatic rings. The van der Waals surface area contributed by atoms with Crippen LogP contribution >= 0.6 is 11.8 Å². The van der Waals surface area contributed by atoms with E-state index in [-0.39, 0.29) is 0 Å². The predicted octanol–water partition coefficient (Wildman–Crippen LogP) is 4.76. The van der Waals surface area contributed by atoms with E-state index in [1.807, 2.05) is 11.8 Å². The predicted molar refractivity (Wildman–Crippen MR) is 77.8 cm³/mol. The summed E-state index contributed by atoms with van der Waals surface area (Å²) in [7, 11) is 0. The highest BCUT2D eigenvalue weighted by molar-refractivity contribution is 7.98. The molecule has 92 valence electrons. The topological polar surface area (TPSA) is 0 Å². The third kappa shape index (κ3) is 8.92. The summed E-state index contributed by atoms with van der Waals surface area (Å²) in [6.45, 7) is 4.59. The molecular formula is C15H26S. The molecule has 1 heteroatoms. The first-order valence-corrected chi connectivity index (χ1v) is 7.75. The quantitative estimate of drug-likeness (QED) is 0.412. The van der Waals surface area contributed by atoms with Gasteiger partial charge >= 0.3 is 0 Å². The molecule has 0 amide bonds. The molecule has 0 spiro atoms. The van der Waals surface area contributed by atoms with Gasteiger partial charge in [-0.25, -0.2) is 0 Å². The van der Waals surface area contributed by atoms with Crippen molar-refractivity contribution in [1.29, 1.82) is 0 Å². The van der Waals surface area contributed by atoms with Crippen LogP contribution in [0, 0.1) is 24.2 Å². The Kier molecular flexibility index (Phi) is 10.9. The van der Waals surface area contributed by atoms with Crippen molar-refractivity contribution in [3.63, 3.8) is 0 Å². The van der Waals surface area contributed by atoms with Crippen molar-refractivity contribution in [1.82, 2.24) is 0 Å². The van der Waals surface area contributed by atoms with Crippen molar-refractivity contribution in [3.05, 3.63) is 12.2 Å². The molecule has 0 N–H and O–H groups in total. The Hall–Kier alpha value is -0.350. The number of rotatable bonds is 9. The average Bonchev–Trinajstić information content (AvgIpc) is 2.28. The number of thioether (sulfide) groups is 1. The SMILES string of the molecule is C#CC(/C=C\CCC(C)CCC)CCSC. The molecule has 0 aliphatic rings. The summed E-state index contributed by atoms with van der Waals surface area (Å²) in [5.41, 5.74) is 0. The van der Waals surface area contributed by atoms with Gasteiger partial charge in [-0.05, 0) is 37.2 Å². The minimum absolute atomic E-state index is 0.342. The van der Waals surface area contributed by atoms with Gasteiger partial charge in [-0.2, -0.15) is 11.8 Å². The van der Waals surface area contributed by atoms with Crippen LogP contribution in [-0.4, -0.2) is 12.0 Å². The molecule has 16 heavy (non-hydrogen) atoms. The molecule has 0 saturated carbocycles. The van der Waals surface area contributed by atoms with Gasteiger partial charge in [0.2, 0.25) is 0 Å². The first-order valence-electron chi connectivity index (χ1n) is 6.36. The smallest absolute Gasteiger partial charge is 0.0387 e. The zero-order valence-electron chi connectivity index (χ0n) is 11.0. The molecule has 0 aromatic heterocycles. The Balaban J connectivity index is 3.68. The van der Waals surface area contributed by atoms with E-state index in [0.29, 0.717) is 5.92 Å². The van der Waals surface area contributed by atoms with Gasteiger partial charge in [0.05, 0.1) is 0 Å². The molecular weight excluding hydrogens is 212 g/mol. The van der Waals surface area contributed by atoms with E-state index in [9.17, 15) is 0 Å². The first-order chi connectivity index (χ1) is 7.74. The molecule has 0 heterocycles. The van der Waals surface area contributed by atoms with Crippen LogP contribution in [0.15, 0.2) is 12.2 Å². The second-order valence-electron chi connectivity index (χ2n) is 4.45. The molecule has 0 aliphatic heterocycles. The van der Waals surface area contributed by atoms with Crippen molar-refractivity contribution in [2.75, 3.05) is 12.0 Å². The van der Waals surface area contributed by atoms with Gasteiger partial charge in [-0.1, -0.05) is 44.8 Å². The Labute approximate surface area is 106 Å². The summed E-state index contributed by atoms with van der Waals surface area (Å²) in [5.74, 6) is 5.20. The normalized spacial score (nSPS) is 14.9. The minimum atomic E-state index is 0.342. The molecule has 0 rings (SSSR count). The monoisotopic (exact) mass is 238 g/mol.